The lowest BCUT2D eigenvalue weighted by Crippen LogP contribution is -1.99. The minimum Gasteiger partial charge on any atom is -0.273 e. The molecule has 0 aliphatic rings. The molecule has 2 nitrogen and oxygen atoms in total. The lowest BCUT2D eigenvalue weighted by atomic mass is 10.2. The fourth-order valence-corrected chi connectivity index (χ4v) is 0.750. The van der Waals surface area contributed by atoms with Gasteiger partial charge in [-0.25, -0.2) is 4.99 Å². The van der Waals surface area contributed by atoms with E-state index in [1.54, 1.807) is 0 Å². The van der Waals surface area contributed by atoms with Crippen LogP contribution >= 0.6 is 0 Å². The third kappa shape index (κ3) is 7.10. The minimum absolute atomic E-state index is 0.0156. The Hall–Kier alpha value is -0.790. The van der Waals surface area contributed by atoms with Gasteiger partial charge in [-0.15, -0.1) is 6.58 Å². The van der Waals surface area contributed by atoms with E-state index in [1.165, 1.54) is 0 Å². The SMILES string of the molecule is C=CCCCC([O])=NC(C)C. The molecule has 0 aliphatic heterocycles. The highest BCUT2D eigenvalue weighted by Crippen LogP contribution is 1.98. The molecular weight excluding hydrogens is 138 g/mol. The van der Waals surface area contributed by atoms with Crippen molar-refractivity contribution in [2.45, 2.75) is 39.2 Å². The molecule has 0 aromatic rings. The number of aliphatic imine (C=N–C) groups is 1. The molecule has 63 valence electrons. The van der Waals surface area contributed by atoms with E-state index in [0.29, 0.717) is 6.42 Å². The van der Waals surface area contributed by atoms with Crippen LogP contribution in [0.1, 0.15) is 33.1 Å². The molecule has 0 aliphatic carbocycles. The van der Waals surface area contributed by atoms with E-state index in [-0.39, 0.29) is 11.9 Å². The van der Waals surface area contributed by atoms with E-state index in [0.717, 1.165) is 12.8 Å². The lowest BCUT2D eigenvalue weighted by molar-refractivity contribution is 0.404. The maximum absolute atomic E-state index is 10.9. The van der Waals surface area contributed by atoms with Crippen LogP contribution in [-0.2, 0) is 5.11 Å². The van der Waals surface area contributed by atoms with E-state index in [2.05, 4.69) is 11.6 Å². The predicted molar refractivity (Wildman–Crippen MR) is 47.3 cm³/mol. The third-order valence-corrected chi connectivity index (χ3v) is 1.20. The minimum atomic E-state index is 0.0156. The molecule has 0 amide bonds. The number of rotatable bonds is 5. The first-order chi connectivity index (χ1) is 5.16. The molecule has 1 radical (unpaired) electrons. The molecule has 0 fully saturated rings. The van der Waals surface area contributed by atoms with Crippen LogP contribution in [0.5, 0.6) is 0 Å². The van der Waals surface area contributed by atoms with Crippen molar-refractivity contribution < 1.29 is 5.11 Å². The Bertz CT molecular complexity index is 138. The summed E-state index contributed by atoms with van der Waals surface area (Å²) in [5.74, 6) is 0.0156. The van der Waals surface area contributed by atoms with Gasteiger partial charge in [-0.3, -0.25) is 5.11 Å². The van der Waals surface area contributed by atoms with E-state index in [9.17, 15) is 5.11 Å². The highest BCUT2D eigenvalue weighted by molar-refractivity contribution is 5.73. The molecule has 0 unspecified atom stereocenters. The first-order valence-corrected chi connectivity index (χ1v) is 4.01. The highest BCUT2D eigenvalue weighted by atomic mass is 16.3. The van der Waals surface area contributed by atoms with Gasteiger partial charge in [0.15, 0.2) is 0 Å². The van der Waals surface area contributed by atoms with Crippen LogP contribution < -0.4 is 0 Å². The molecule has 0 saturated carbocycles. The first kappa shape index (κ1) is 10.2. The normalized spacial score (nSPS) is 12.1. The second-order valence-corrected chi connectivity index (χ2v) is 2.80. The molecule has 0 rings (SSSR count). The van der Waals surface area contributed by atoms with Gasteiger partial charge in [0, 0.05) is 12.5 Å². The summed E-state index contributed by atoms with van der Waals surface area (Å²) in [6.45, 7) is 7.39. The quantitative estimate of drug-likeness (QED) is 0.252. The van der Waals surface area contributed by atoms with Crippen LogP contribution in [0.2, 0.25) is 0 Å². The monoisotopic (exact) mass is 154 g/mol. The Kier molecular flexibility index (Phi) is 5.53. The smallest absolute Gasteiger partial charge is 0.241 e. The second-order valence-electron chi connectivity index (χ2n) is 2.80. The van der Waals surface area contributed by atoms with Gasteiger partial charge >= 0.3 is 0 Å². The zero-order valence-corrected chi connectivity index (χ0v) is 7.34. The maximum atomic E-state index is 10.9. The Labute approximate surface area is 68.7 Å². The van der Waals surface area contributed by atoms with Crippen molar-refractivity contribution in [2.75, 3.05) is 0 Å². The molecule has 0 spiro atoms. The highest BCUT2D eigenvalue weighted by Gasteiger charge is 1.98. The van der Waals surface area contributed by atoms with Crippen LogP contribution in [0, 0.1) is 0 Å². The summed E-state index contributed by atoms with van der Waals surface area (Å²) < 4.78 is 0. The Balaban J connectivity index is 3.50. The van der Waals surface area contributed by atoms with Crippen molar-refractivity contribution in [3.05, 3.63) is 12.7 Å². The summed E-state index contributed by atoms with van der Waals surface area (Å²) in [7, 11) is 0. The average molecular weight is 154 g/mol. The van der Waals surface area contributed by atoms with Crippen molar-refractivity contribution >= 4 is 5.90 Å². The molecule has 0 aromatic heterocycles. The van der Waals surface area contributed by atoms with Gasteiger partial charge in [0.05, 0.1) is 0 Å². The summed E-state index contributed by atoms with van der Waals surface area (Å²) in [5.41, 5.74) is 0. The molecule has 0 aromatic carbocycles. The van der Waals surface area contributed by atoms with Gasteiger partial charge in [0.25, 0.3) is 0 Å². The Morgan fingerprint density at radius 1 is 1.64 bits per heavy atom. The van der Waals surface area contributed by atoms with Crippen LogP contribution in [0.4, 0.5) is 0 Å². The molecule has 0 N–H and O–H groups in total. The predicted octanol–water partition coefficient (Wildman–Crippen LogP) is 2.58. The zero-order chi connectivity index (χ0) is 8.69. The van der Waals surface area contributed by atoms with Crippen LogP contribution in [0.15, 0.2) is 17.6 Å². The van der Waals surface area contributed by atoms with Crippen molar-refractivity contribution in [1.29, 1.82) is 0 Å². The van der Waals surface area contributed by atoms with E-state index < -0.39 is 0 Å². The van der Waals surface area contributed by atoms with Crippen LogP contribution in [0.3, 0.4) is 0 Å². The van der Waals surface area contributed by atoms with Gasteiger partial charge in [0.2, 0.25) is 5.90 Å². The number of unbranched alkanes of at least 4 members (excludes halogenated alkanes) is 1. The van der Waals surface area contributed by atoms with Gasteiger partial charge in [-0.05, 0) is 26.7 Å². The van der Waals surface area contributed by atoms with Crippen molar-refractivity contribution in [2.24, 2.45) is 4.99 Å². The summed E-state index contributed by atoms with van der Waals surface area (Å²) in [5, 5.41) is 10.9. The molecule has 0 heterocycles. The van der Waals surface area contributed by atoms with E-state index >= 15 is 0 Å². The lowest BCUT2D eigenvalue weighted by Gasteiger charge is -1.96. The third-order valence-electron chi connectivity index (χ3n) is 1.20. The Morgan fingerprint density at radius 3 is 2.73 bits per heavy atom. The van der Waals surface area contributed by atoms with Gasteiger partial charge < -0.3 is 0 Å². The summed E-state index contributed by atoms with van der Waals surface area (Å²) in [4.78, 5) is 3.88. The average Bonchev–Trinajstić information content (AvgIpc) is 1.86. The molecule has 0 bridgehead atoms. The largest absolute Gasteiger partial charge is 0.273 e. The molecule has 2 heteroatoms. The van der Waals surface area contributed by atoms with Gasteiger partial charge in [0.1, 0.15) is 0 Å². The number of hydrogen-bond acceptors (Lipinski definition) is 1. The molecule has 0 atom stereocenters. The van der Waals surface area contributed by atoms with Crippen LogP contribution in [0.25, 0.3) is 0 Å². The zero-order valence-electron chi connectivity index (χ0n) is 7.34. The van der Waals surface area contributed by atoms with E-state index in [4.69, 9.17) is 0 Å². The number of allylic oxidation sites excluding steroid dienone is 1. The number of hydrogen-bond donors (Lipinski definition) is 0. The first-order valence-electron chi connectivity index (χ1n) is 4.01. The second kappa shape index (κ2) is 5.96. The van der Waals surface area contributed by atoms with Gasteiger partial charge in [-0.2, -0.15) is 0 Å². The van der Waals surface area contributed by atoms with Crippen molar-refractivity contribution in [3.8, 4) is 0 Å². The summed E-state index contributed by atoms with van der Waals surface area (Å²) in [6.07, 6.45) is 4.16. The molecular formula is C9H16NO. The number of nitrogens with zero attached hydrogens (tertiary/aromatic N) is 1. The standard InChI is InChI=1S/C9H16NO/c1-4-5-6-7-9(11)10-8(2)3/h4,8H,1,5-7H2,2-3H3. The fraction of sp³-hybridized carbons (Fsp3) is 0.667. The van der Waals surface area contributed by atoms with Crippen molar-refractivity contribution in [1.82, 2.24) is 0 Å². The molecule has 0 saturated heterocycles. The topological polar surface area (TPSA) is 32.3 Å². The summed E-state index contributed by atoms with van der Waals surface area (Å²) in [6, 6.07) is 0.131. The summed E-state index contributed by atoms with van der Waals surface area (Å²) >= 11 is 0. The van der Waals surface area contributed by atoms with Crippen molar-refractivity contribution in [3.63, 3.8) is 0 Å². The fourth-order valence-electron chi connectivity index (χ4n) is 0.750. The molecule has 11 heavy (non-hydrogen) atoms. The van der Waals surface area contributed by atoms with Gasteiger partial charge in [-0.1, -0.05) is 6.08 Å². The Morgan fingerprint density at radius 2 is 2.27 bits per heavy atom. The van der Waals surface area contributed by atoms with E-state index in [1.807, 2.05) is 19.9 Å². The van der Waals surface area contributed by atoms with Crippen LogP contribution in [-0.4, -0.2) is 11.9 Å². The maximum Gasteiger partial charge on any atom is 0.241 e.